The summed E-state index contributed by atoms with van der Waals surface area (Å²) in [4.78, 5) is 0. The smallest absolute Gasteiger partial charge is 0.181 e. The first kappa shape index (κ1) is 8.46. The molecule has 12 heavy (non-hydrogen) atoms. The van der Waals surface area contributed by atoms with E-state index in [0.29, 0.717) is 6.42 Å². The van der Waals surface area contributed by atoms with Crippen LogP contribution in [0.4, 0.5) is 5.69 Å². The molecule has 0 atom stereocenters. The molecule has 0 saturated heterocycles. The van der Waals surface area contributed by atoms with Crippen molar-refractivity contribution in [3.63, 3.8) is 0 Å². The first-order valence-electron chi connectivity index (χ1n) is 3.57. The minimum atomic E-state index is -0.255. The number of nitrogen functional groups attached to an aromatic ring is 1. The van der Waals surface area contributed by atoms with Gasteiger partial charge in [0.1, 0.15) is 0 Å². The van der Waals surface area contributed by atoms with Gasteiger partial charge in [-0.05, 0) is 18.1 Å². The van der Waals surface area contributed by atoms with E-state index in [0.717, 1.165) is 5.56 Å². The number of benzene rings is 1. The molecule has 64 valence electrons. The number of anilines is 1. The van der Waals surface area contributed by atoms with E-state index in [9.17, 15) is 5.11 Å². The fraction of sp³-hybridized carbons (Fsp3) is 0.111. The number of rotatable bonds is 2. The van der Waals surface area contributed by atoms with Gasteiger partial charge in [0.15, 0.2) is 11.5 Å². The summed E-state index contributed by atoms with van der Waals surface area (Å²) in [6.07, 6.45) is 2.27. The zero-order valence-corrected chi connectivity index (χ0v) is 6.62. The van der Waals surface area contributed by atoms with Gasteiger partial charge >= 0.3 is 0 Å². The van der Waals surface area contributed by atoms with Crippen LogP contribution in [0.1, 0.15) is 5.56 Å². The van der Waals surface area contributed by atoms with Gasteiger partial charge in [0.05, 0.1) is 5.69 Å². The molecule has 0 aliphatic heterocycles. The summed E-state index contributed by atoms with van der Waals surface area (Å²) in [5.41, 5.74) is 6.49. The van der Waals surface area contributed by atoms with Gasteiger partial charge in [-0.2, -0.15) is 0 Å². The molecule has 0 bridgehead atoms. The fourth-order valence-corrected chi connectivity index (χ4v) is 0.972. The Balaban J connectivity index is 3.16. The van der Waals surface area contributed by atoms with Gasteiger partial charge in [0.25, 0.3) is 0 Å². The van der Waals surface area contributed by atoms with Crippen LogP contribution in [0.15, 0.2) is 24.8 Å². The molecule has 0 radical (unpaired) electrons. The predicted molar refractivity (Wildman–Crippen MR) is 48.1 cm³/mol. The van der Waals surface area contributed by atoms with Crippen LogP contribution in [0.2, 0.25) is 0 Å². The SMILES string of the molecule is C=CCc1ccc(O)c(O)c1N. The minimum Gasteiger partial charge on any atom is -0.504 e. The van der Waals surface area contributed by atoms with Gasteiger partial charge in [-0.3, -0.25) is 0 Å². The van der Waals surface area contributed by atoms with E-state index in [1.165, 1.54) is 6.07 Å². The number of phenols is 2. The van der Waals surface area contributed by atoms with Gasteiger partial charge in [-0.1, -0.05) is 12.1 Å². The highest BCUT2D eigenvalue weighted by Gasteiger charge is 2.06. The van der Waals surface area contributed by atoms with Crippen molar-refractivity contribution in [1.29, 1.82) is 0 Å². The lowest BCUT2D eigenvalue weighted by atomic mass is 10.1. The lowest BCUT2D eigenvalue weighted by Gasteiger charge is -2.05. The summed E-state index contributed by atoms with van der Waals surface area (Å²) in [5, 5.41) is 18.2. The van der Waals surface area contributed by atoms with Crippen LogP contribution in [-0.2, 0) is 6.42 Å². The minimum absolute atomic E-state index is 0.194. The Kier molecular flexibility index (Phi) is 2.24. The molecule has 0 unspecified atom stereocenters. The van der Waals surface area contributed by atoms with Crippen LogP contribution in [0, 0.1) is 0 Å². The van der Waals surface area contributed by atoms with Gasteiger partial charge in [-0.15, -0.1) is 6.58 Å². The Morgan fingerprint density at radius 2 is 2.08 bits per heavy atom. The summed E-state index contributed by atoms with van der Waals surface area (Å²) in [7, 11) is 0. The maximum absolute atomic E-state index is 9.20. The average Bonchev–Trinajstić information content (AvgIpc) is 2.07. The zero-order valence-electron chi connectivity index (χ0n) is 6.62. The van der Waals surface area contributed by atoms with E-state index >= 15 is 0 Å². The van der Waals surface area contributed by atoms with E-state index in [-0.39, 0.29) is 17.2 Å². The molecule has 0 aliphatic carbocycles. The number of hydrogen-bond donors (Lipinski definition) is 3. The lowest BCUT2D eigenvalue weighted by Crippen LogP contribution is -1.93. The second-order valence-electron chi connectivity index (χ2n) is 2.50. The third-order valence-electron chi connectivity index (χ3n) is 1.65. The molecule has 0 saturated carbocycles. The van der Waals surface area contributed by atoms with Crippen LogP contribution < -0.4 is 5.73 Å². The van der Waals surface area contributed by atoms with E-state index in [4.69, 9.17) is 10.8 Å². The first-order chi connectivity index (χ1) is 5.66. The summed E-state index contributed by atoms with van der Waals surface area (Å²) in [6.45, 7) is 3.55. The maximum atomic E-state index is 9.20. The quantitative estimate of drug-likeness (QED) is 0.352. The normalized spacial score (nSPS) is 9.67. The Hall–Kier alpha value is -1.64. The van der Waals surface area contributed by atoms with Crippen molar-refractivity contribution in [2.45, 2.75) is 6.42 Å². The molecule has 0 fully saturated rings. The molecule has 0 spiro atoms. The molecular weight excluding hydrogens is 154 g/mol. The summed E-state index contributed by atoms with van der Waals surface area (Å²) in [5.74, 6) is -0.449. The molecule has 0 heterocycles. The van der Waals surface area contributed by atoms with Crippen molar-refractivity contribution in [3.8, 4) is 11.5 Å². The molecule has 1 aromatic carbocycles. The lowest BCUT2D eigenvalue weighted by molar-refractivity contribution is 0.405. The summed E-state index contributed by atoms with van der Waals surface area (Å²) in [6, 6.07) is 3.07. The highest BCUT2D eigenvalue weighted by Crippen LogP contribution is 2.33. The highest BCUT2D eigenvalue weighted by molar-refractivity contribution is 5.63. The van der Waals surface area contributed by atoms with E-state index < -0.39 is 0 Å². The molecular formula is C9H11NO2. The van der Waals surface area contributed by atoms with Gasteiger partial charge in [-0.25, -0.2) is 0 Å². The standard InChI is InChI=1S/C9H11NO2/c1-2-3-6-4-5-7(11)9(12)8(6)10/h2,4-5,11-12H,1,3,10H2. The van der Waals surface area contributed by atoms with Crippen molar-refractivity contribution in [2.24, 2.45) is 0 Å². The van der Waals surface area contributed by atoms with Crippen molar-refractivity contribution in [3.05, 3.63) is 30.4 Å². The third-order valence-corrected chi connectivity index (χ3v) is 1.65. The van der Waals surface area contributed by atoms with Crippen molar-refractivity contribution < 1.29 is 10.2 Å². The number of nitrogens with two attached hydrogens (primary N) is 1. The van der Waals surface area contributed by atoms with Gasteiger partial charge in [0.2, 0.25) is 0 Å². The van der Waals surface area contributed by atoms with E-state index in [1.807, 2.05) is 0 Å². The molecule has 1 aromatic rings. The monoisotopic (exact) mass is 165 g/mol. The Labute approximate surface area is 70.8 Å². The van der Waals surface area contributed by atoms with Crippen molar-refractivity contribution in [2.75, 3.05) is 5.73 Å². The third kappa shape index (κ3) is 1.34. The van der Waals surface area contributed by atoms with Crippen LogP contribution in [0.25, 0.3) is 0 Å². The fourth-order valence-electron chi connectivity index (χ4n) is 0.972. The van der Waals surface area contributed by atoms with E-state index in [2.05, 4.69) is 6.58 Å². The van der Waals surface area contributed by atoms with Crippen LogP contribution >= 0.6 is 0 Å². The molecule has 0 amide bonds. The highest BCUT2D eigenvalue weighted by atomic mass is 16.3. The first-order valence-corrected chi connectivity index (χ1v) is 3.57. The number of phenolic OH excluding ortho intramolecular Hbond substituents is 2. The van der Waals surface area contributed by atoms with Crippen molar-refractivity contribution >= 4 is 5.69 Å². The largest absolute Gasteiger partial charge is 0.504 e. The van der Waals surface area contributed by atoms with Gasteiger partial charge < -0.3 is 15.9 Å². The Bertz CT molecular complexity index is 308. The van der Waals surface area contributed by atoms with Crippen LogP contribution in [-0.4, -0.2) is 10.2 Å². The topological polar surface area (TPSA) is 66.5 Å². The molecule has 0 aliphatic rings. The zero-order chi connectivity index (χ0) is 9.14. The molecule has 1 rings (SSSR count). The maximum Gasteiger partial charge on any atom is 0.181 e. The second kappa shape index (κ2) is 3.17. The molecule has 4 N–H and O–H groups in total. The number of hydrogen-bond acceptors (Lipinski definition) is 3. The predicted octanol–water partition coefficient (Wildman–Crippen LogP) is 1.41. The van der Waals surface area contributed by atoms with Crippen LogP contribution in [0.3, 0.4) is 0 Å². The molecule has 0 aromatic heterocycles. The Morgan fingerprint density at radius 3 is 2.67 bits per heavy atom. The second-order valence-corrected chi connectivity index (χ2v) is 2.50. The average molecular weight is 165 g/mol. The number of allylic oxidation sites excluding steroid dienone is 1. The van der Waals surface area contributed by atoms with Crippen LogP contribution in [0.5, 0.6) is 11.5 Å². The summed E-state index contributed by atoms with van der Waals surface area (Å²) < 4.78 is 0. The number of aromatic hydroxyl groups is 2. The summed E-state index contributed by atoms with van der Waals surface area (Å²) >= 11 is 0. The van der Waals surface area contributed by atoms with Gasteiger partial charge in [0, 0.05) is 0 Å². The Morgan fingerprint density at radius 1 is 1.42 bits per heavy atom. The van der Waals surface area contributed by atoms with Crippen molar-refractivity contribution in [1.82, 2.24) is 0 Å². The van der Waals surface area contributed by atoms with E-state index in [1.54, 1.807) is 12.1 Å². The molecule has 3 nitrogen and oxygen atoms in total. The molecule has 3 heteroatoms.